The highest BCUT2D eigenvalue weighted by Crippen LogP contribution is 2.19. The van der Waals surface area contributed by atoms with Crippen LogP contribution in [0.1, 0.15) is 20.7 Å². The molecule has 0 unspecified atom stereocenters. The summed E-state index contributed by atoms with van der Waals surface area (Å²) in [6.45, 7) is 0. The summed E-state index contributed by atoms with van der Waals surface area (Å²) in [6, 6.07) is 10.5. The number of fused-ring (bicyclic) bond motifs is 1. The Kier molecular flexibility index (Phi) is 4.63. The highest BCUT2D eigenvalue weighted by Gasteiger charge is 2.13. The summed E-state index contributed by atoms with van der Waals surface area (Å²) >= 11 is 1.23. The fourth-order valence-electron chi connectivity index (χ4n) is 2.39. The van der Waals surface area contributed by atoms with Crippen LogP contribution in [-0.2, 0) is 11.8 Å². The number of non-ortho nitro benzene ring substituents is 1. The topological polar surface area (TPSA) is 104 Å². The van der Waals surface area contributed by atoms with Gasteiger partial charge in [0.1, 0.15) is 0 Å². The average molecular weight is 371 g/mol. The van der Waals surface area contributed by atoms with Crippen LogP contribution in [-0.4, -0.2) is 28.5 Å². The molecule has 0 aliphatic heterocycles. The Balaban J connectivity index is 2.05. The van der Waals surface area contributed by atoms with Crippen molar-refractivity contribution in [2.45, 2.75) is 0 Å². The number of nitro groups is 1. The summed E-state index contributed by atoms with van der Waals surface area (Å²) in [5.41, 5.74) is 1.16. The zero-order valence-corrected chi connectivity index (χ0v) is 14.6. The number of thiazole rings is 1. The van der Waals surface area contributed by atoms with Crippen molar-refractivity contribution in [2.24, 2.45) is 12.0 Å². The summed E-state index contributed by atoms with van der Waals surface area (Å²) in [4.78, 5) is 38.8. The van der Waals surface area contributed by atoms with Crippen molar-refractivity contribution in [3.8, 4) is 0 Å². The van der Waals surface area contributed by atoms with Gasteiger partial charge in [0.25, 0.3) is 11.6 Å². The molecule has 3 rings (SSSR count). The maximum atomic E-state index is 12.4. The van der Waals surface area contributed by atoms with Crippen LogP contribution >= 0.6 is 11.3 Å². The van der Waals surface area contributed by atoms with Crippen molar-refractivity contribution in [2.75, 3.05) is 7.11 Å². The van der Waals surface area contributed by atoms with E-state index in [2.05, 4.69) is 4.99 Å². The van der Waals surface area contributed by atoms with E-state index in [4.69, 9.17) is 4.74 Å². The number of rotatable bonds is 3. The van der Waals surface area contributed by atoms with Crippen LogP contribution in [0.2, 0.25) is 0 Å². The van der Waals surface area contributed by atoms with E-state index < -0.39 is 16.8 Å². The van der Waals surface area contributed by atoms with Crippen molar-refractivity contribution >= 4 is 39.1 Å². The second-order valence-corrected chi connectivity index (χ2v) is 6.35. The number of nitro benzene ring substituents is 1. The van der Waals surface area contributed by atoms with E-state index in [1.165, 1.54) is 42.7 Å². The highest BCUT2D eigenvalue weighted by molar-refractivity contribution is 7.16. The van der Waals surface area contributed by atoms with Gasteiger partial charge in [-0.05, 0) is 24.3 Å². The SMILES string of the molecule is COC(=O)c1ccc2c(c1)sc(=NC(=O)c1cccc([N+](=O)[O-])c1)n2C. The first kappa shape index (κ1) is 17.5. The van der Waals surface area contributed by atoms with Gasteiger partial charge in [0.15, 0.2) is 4.80 Å². The molecule has 0 fully saturated rings. The number of aryl methyl sites for hydroxylation is 1. The molecule has 0 radical (unpaired) electrons. The summed E-state index contributed by atoms with van der Waals surface area (Å²) in [5.74, 6) is -1.03. The van der Waals surface area contributed by atoms with Crippen LogP contribution in [0.25, 0.3) is 10.2 Å². The number of carbonyl (C=O) groups is 2. The Morgan fingerprint density at radius 2 is 1.96 bits per heavy atom. The molecule has 0 N–H and O–H groups in total. The lowest BCUT2D eigenvalue weighted by Crippen LogP contribution is -2.13. The maximum Gasteiger partial charge on any atom is 0.337 e. The molecule has 8 nitrogen and oxygen atoms in total. The van der Waals surface area contributed by atoms with Crippen molar-refractivity contribution < 1.29 is 19.2 Å². The quantitative estimate of drug-likeness (QED) is 0.400. The van der Waals surface area contributed by atoms with Gasteiger partial charge in [0, 0.05) is 24.7 Å². The molecular formula is C17H13N3O5S. The number of hydrogen-bond acceptors (Lipinski definition) is 6. The predicted molar refractivity (Wildman–Crippen MR) is 95.1 cm³/mol. The third-order valence-corrected chi connectivity index (χ3v) is 4.83. The predicted octanol–water partition coefficient (Wildman–Crippen LogP) is 2.68. The average Bonchev–Trinajstić information content (AvgIpc) is 2.96. The Bertz CT molecular complexity index is 1110. The van der Waals surface area contributed by atoms with Gasteiger partial charge < -0.3 is 9.30 Å². The molecule has 0 bridgehead atoms. The summed E-state index contributed by atoms with van der Waals surface area (Å²) < 4.78 is 7.18. The van der Waals surface area contributed by atoms with E-state index >= 15 is 0 Å². The number of methoxy groups -OCH3 is 1. The number of amides is 1. The largest absolute Gasteiger partial charge is 0.465 e. The van der Waals surface area contributed by atoms with Gasteiger partial charge in [-0.25, -0.2) is 4.79 Å². The maximum absolute atomic E-state index is 12.4. The van der Waals surface area contributed by atoms with Gasteiger partial charge in [-0.15, -0.1) is 0 Å². The lowest BCUT2D eigenvalue weighted by atomic mass is 10.2. The van der Waals surface area contributed by atoms with E-state index in [-0.39, 0.29) is 11.3 Å². The van der Waals surface area contributed by atoms with Crippen molar-refractivity contribution in [1.82, 2.24) is 4.57 Å². The monoisotopic (exact) mass is 371 g/mol. The van der Waals surface area contributed by atoms with E-state index in [1.807, 2.05) is 0 Å². The fourth-order valence-corrected chi connectivity index (χ4v) is 3.45. The van der Waals surface area contributed by atoms with Crippen LogP contribution in [0.4, 0.5) is 5.69 Å². The van der Waals surface area contributed by atoms with Crippen LogP contribution in [0.15, 0.2) is 47.5 Å². The second kappa shape index (κ2) is 6.89. The molecule has 26 heavy (non-hydrogen) atoms. The number of carbonyl (C=O) groups excluding carboxylic acids is 2. The lowest BCUT2D eigenvalue weighted by Gasteiger charge is -1.99. The molecule has 1 amide bonds. The number of hydrogen-bond donors (Lipinski definition) is 0. The standard InChI is InChI=1S/C17H13N3O5S/c1-19-13-7-6-11(16(22)25-2)9-14(13)26-17(19)18-15(21)10-4-3-5-12(8-10)20(23)24/h3-9H,1-2H3. The molecule has 0 spiro atoms. The number of nitrogens with zero attached hydrogens (tertiary/aromatic N) is 3. The number of aromatic nitrogens is 1. The van der Waals surface area contributed by atoms with E-state index in [0.717, 1.165) is 10.2 Å². The lowest BCUT2D eigenvalue weighted by molar-refractivity contribution is -0.384. The van der Waals surface area contributed by atoms with Gasteiger partial charge in [-0.3, -0.25) is 14.9 Å². The molecule has 1 heterocycles. The first-order valence-corrected chi connectivity index (χ1v) is 8.24. The van der Waals surface area contributed by atoms with Crippen LogP contribution in [0.5, 0.6) is 0 Å². The number of benzene rings is 2. The summed E-state index contributed by atoms with van der Waals surface area (Å²) in [6.07, 6.45) is 0. The van der Waals surface area contributed by atoms with Crippen molar-refractivity contribution in [3.63, 3.8) is 0 Å². The molecule has 3 aromatic rings. The molecule has 9 heteroatoms. The minimum absolute atomic E-state index is 0.131. The van der Waals surface area contributed by atoms with Crippen LogP contribution in [0, 0.1) is 10.1 Å². The first-order valence-electron chi connectivity index (χ1n) is 7.42. The normalized spacial score (nSPS) is 11.5. The van der Waals surface area contributed by atoms with Crippen molar-refractivity contribution in [3.05, 3.63) is 68.5 Å². The fraction of sp³-hybridized carbons (Fsp3) is 0.118. The van der Waals surface area contributed by atoms with Gasteiger partial charge in [0.05, 0.1) is 27.8 Å². The molecule has 132 valence electrons. The first-order chi connectivity index (χ1) is 12.4. The zero-order chi connectivity index (χ0) is 18.8. The molecule has 2 aromatic carbocycles. The van der Waals surface area contributed by atoms with E-state index in [0.29, 0.717) is 10.4 Å². The van der Waals surface area contributed by atoms with Gasteiger partial charge >= 0.3 is 5.97 Å². The number of ether oxygens (including phenoxy) is 1. The van der Waals surface area contributed by atoms with Crippen LogP contribution in [0.3, 0.4) is 0 Å². The Labute approximate surface area is 151 Å². The second-order valence-electron chi connectivity index (χ2n) is 5.34. The molecule has 0 aliphatic carbocycles. The smallest absolute Gasteiger partial charge is 0.337 e. The molecule has 1 aromatic heterocycles. The molecule has 0 atom stereocenters. The Hall–Kier alpha value is -3.33. The highest BCUT2D eigenvalue weighted by atomic mass is 32.1. The third kappa shape index (κ3) is 3.24. The van der Waals surface area contributed by atoms with E-state index in [1.54, 1.807) is 29.8 Å². The molecular weight excluding hydrogens is 358 g/mol. The van der Waals surface area contributed by atoms with Gasteiger partial charge in [0.2, 0.25) is 0 Å². The molecule has 0 saturated heterocycles. The molecule has 0 saturated carbocycles. The van der Waals surface area contributed by atoms with Crippen LogP contribution < -0.4 is 4.80 Å². The van der Waals surface area contributed by atoms with Crippen molar-refractivity contribution in [1.29, 1.82) is 0 Å². The van der Waals surface area contributed by atoms with Gasteiger partial charge in [-0.2, -0.15) is 4.99 Å². The summed E-state index contributed by atoms with van der Waals surface area (Å²) in [5, 5.41) is 10.8. The third-order valence-electron chi connectivity index (χ3n) is 3.73. The van der Waals surface area contributed by atoms with E-state index in [9.17, 15) is 19.7 Å². The number of esters is 1. The minimum atomic E-state index is -0.580. The molecule has 0 aliphatic rings. The Morgan fingerprint density at radius 1 is 1.19 bits per heavy atom. The summed E-state index contributed by atoms with van der Waals surface area (Å²) in [7, 11) is 3.05. The minimum Gasteiger partial charge on any atom is -0.465 e. The van der Waals surface area contributed by atoms with Gasteiger partial charge in [-0.1, -0.05) is 17.4 Å². The Morgan fingerprint density at radius 3 is 2.65 bits per heavy atom. The zero-order valence-electron chi connectivity index (χ0n) is 13.8.